The van der Waals surface area contributed by atoms with Crippen molar-refractivity contribution in [1.82, 2.24) is 9.88 Å². The summed E-state index contributed by atoms with van der Waals surface area (Å²) in [7, 11) is 1.61. The molecule has 0 unspecified atom stereocenters. The molecule has 16 heavy (non-hydrogen) atoms. The fourth-order valence-corrected chi connectivity index (χ4v) is 2.26. The third kappa shape index (κ3) is 1.87. The van der Waals surface area contributed by atoms with E-state index in [1.807, 2.05) is 24.0 Å². The maximum Gasteiger partial charge on any atom is 0.213 e. The summed E-state index contributed by atoms with van der Waals surface area (Å²) >= 11 is 0. The second-order valence-corrected chi connectivity index (χ2v) is 4.03. The van der Waals surface area contributed by atoms with Crippen LogP contribution in [0.25, 0.3) is 0 Å². The van der Waals surface area contributed by atoms with E-state index >= 15 is 0 Å². The molecule has 1 amide bonds. The second-order valence-electron chi connectivity index (χ2n) is 4.03. The van der Waals surface area contributed by atoms with Gasteiger partial charge in [-0.3, -0.25) is 4.79 Å². The topological polar surface area (TPSA) is 42.4 Å². The van der Waals surface area contributed by atoms with Crippen molar-refractivity contribution in [2.24, 2.45) is 0 Å². The fourth-order valence-electron chi connectivity index (χ4n) is 2.26. The molecule has 4 nitrogen and oxygen atoms in total. The minimum absolute atomic E-state index is 0.191. The first-order valence-corrected chi connectivity index (χ1v) is 5.49. The number of hydrogen-bond donors (Lipinski definition) is 0. The molecule has 0 radical (unpaired) electrons. The van der Waals surface area contributed by atoms with Crippen LogP contribution < -0.4 is 4.74 Å². The molecule has 0 spiro atoms. The number of aryl methyl sites for hydroxylation is 1. The Morgan fingerprint density at radius 3 is 3.00 bits per heavy atom. The van der Waals surface area contributed by atoms with E-state index in [-0.39, 0.29) is 6.04 Å². The highest BCUT2D eigenvalue weighted by Gasteiger charge is 2.26. The van der Waals surface area contributed by atoms with Crippen molar-refractivity contribution in [1.29, 1.82) is 0 Å². The van der Waals surface area contributed by atoms with Gasteiger partial charge in [0.05, 0.1) is 13.2 Å². The van der Waals surface area contributed by atoms with Crippen LogP contribution in [0, 0.1) is 6.92 Å². The van der Waals surface area contributed by atoms with Crippen LogP contribution in [-0.4, -0.2) is 29.9 Å². The Morgan fingerprint density at radius 1 is 1.56 bits per heavy atom. The van der Waals surface area contributed by atoms with E-state index in [0.29, 0.717) is 5.88 Å². The Balaban J connectivity index is 2.29. The highest BCUT2D eigenvalue weighted by atomic mass is 16.5. The summed E-state index contributed by atoms with van der Waals surface area (Å²) in [6.45, 7) is 2.80. The molecule has 1 aliphatic heterocycles. The summed E-state index contributed by atoms with van der Waals surface area (Å²) in [6.07, 6.45) is 3.02. The van der Waals surface area contributed by atoms with Gasteiger partial charge < -0.3 is 9.64 Å². The molecule has 1 fully saturated rings. The Hall–Kier alpha value is -1.58. The van der Waals surface area contributed by atoms with Crippen LogP contribution in [0.2, 0.25) is 0 Å². The van der Waals surface area contributed by atoms with Crippen LogP contribution in [-0.2, 0) is 4.79 Å². The number of pyridine rings is 1. The smallest absolute Gasteiger partial charge is 0.213 e. The van der Waals surface area contributed by atoms with Gasteiger partial charge in [-0.15, -0.1) is 0 Å². The number of rotatable bonds is 3. The number of amides is 1. The van der Waals surface area contributed by atoms with Crippen molar-refractivity contribution in [3.63, 3.8) is 0 Å². The number of methoxy groups -OCH3 is 1. The molecule has 1 saturated heterocycles. The molecule has 1 aliphatic rings. The molecule has 0 aromatic carbocycles. The summed E-state index contributed by atoms with van der Waals surface area (Å²) in [5.74, 6) is 0.622. The number of nitrogens with zero attached hydrogens (tertiary/aromatic N) is 2. The van der Waals surface area contributed by atoms with Gasteiger partial charge in [-0.2, -0.15) is 0 Å². The van der Waals surface area contributed by atoms with Gasteiger partial charge in [-0.1, -0.05) is 0 Å². The highest BCUT2D eigenvalue weighted by molar-refractivity contribution is 5.50. The average Bonchev–Trinajstić information content (AvgIpc) is 2.76. The van der Waals surface area contributed by atoms with Crippen molar-refractivity contribution >= 4 is 6.41 Å². The van der Waals surface area contributed by atoms with Crippen LogP contribution in [0.1, 0.15) is 30.1 Å². The Labute approximate surface area is 95.2 Å². The van der Waals surface area contributed by atoms with Crippen LogP contribution in [0.3, 0.4) is 0 Å². The van der Waals surface area contributed by atoms with Gasteiger partial charge in [-0.25, -0.2) is 4.98 Å². The number of carbonyl (C=O) groups excluding carboxylic acids is 1. The molecule has 2 rings (SSSR count). The molecule has 0 aliphatic carbocycles. The van der Waals surface area contributed by atoms with Gasteiger partial charge in [0.2, 0.25) is 12.3 Å². The summed E-state index contributed by atoms with van der Waals surface area (Å²) in [4.78, 5) is 17.1. The highest BCUT2D eigenvalue weighted by Crippen LogP contribution is 2.32. The summed E-state index contributed by atoms with van der Waals surface area (Å²) in [5.41, 5.74) is 2.07. The predicted molar refractivity (Wildman–Crippen MR) is 60.3 cm³/mol. The Kier molecular flexibility index (Phi) is 3.08. The van der Waals surface area contributed by atoms with Gasteiger partial charge in [0, 0.05) is 18.3 Å². The average molecular weight is 220 g/mol. The standard InChI is InChI=1S/C12H16N2O2/c1-9-10(5-6-12(13-9)16-2)11-4-3-7-14(11)8-15/h5-6,8,11H,3-4,7H2,1-2H3/t11-/m1/s1. The van der Waals surface area contributed by atoms with Gasteiger partial charge >= 0.3 is 0 Å². The summed E-state index contributed by atoms with van der Waals surface area (Å²) in [5, 5.41) is 0. The zero-order valence-electron chi connectivity index (χ0n) is 9.64. The first-order chi connectivity index (χ1) is 7.76. The molecule has 1 aromatic heterocycles. The van der Waals surface area contributed by atoms with Gasteiger partial charge in [0.25, 0.3) is 0 Å². The lowest BCUT2D eigenvalue weighted by Gasteiger charge is -2.21. The molecular formula is C12H16N2O2. The van der Waals surface area contributed by atoms with Crippen molar-refractivity contribution < 1.29 is 9.53 Å². The van der Waals surface area contributed by atoms with Gasteiger partial charge in [0.1, 0.15) is 0 Å². The third-order valence-corrected chi connectivity index (χ3v) is 3.10. The SMILES string of the molecule is COc1ccc([C@H]2CCCN2C=O)c(C)n1. The molecule has 2 heterocycles. The number of hydrogen-bond acceptors (Lipinski definition) is 3. The first-order valence-electron chi connectivity index (χ1n) is 5.49. The normalized spacial score (nSPS) is 19.9. The summed E-state index contributed by atoms with van der Waals surface area (Å²) in [6, 6.07) is 4.05. The van der Waals surface area contributed by atoms with E-state index in [9.17, 15) is 4.79 Å². The lowest BCUT2D eigenvalue weighted by molar-refractivity contribution is -0.118. The number of ether oxygens (including phenoxy) is 1. The van der Waals surface area contributed by atoms with Crippen molar-refractivity contribution in [3.8, 4) is 5.88 Å². The van der Waals surface area contributed by atoms with Crippen LogP contribution in [0.15, 0.2) is 12.1 Å². The van der Waals surface area contributed by atoms with Crippen molar-refractivity contribution in [2.75, 3.05) is 13.7 Å². The molecule has 0 N–H and O–H groups in total. The lowest BCUT2D eigenvalue weighted by atomic mass is 10.0. The quantitative estimate of drug-likeness (QED) is 0.728. The van der Waals surface area contributed by atoms with Crippen LogP contribution in [0.4, 0.5) is 0 Å². The molecular weight excluding hydrogens is 204 g/mol. The van der Waals surface area contributed by atoms with Crippen LogP contribution in [0.5, 0.6) is 5.88 Å². The minimum atomic E-state index is 0.191. The molecule has 0 bridgehead atoms. The maximum absolute atomic E-state index is 10.9. The maximum atomic E-state index is 10.9. The monoisotopic (exact) mass is 220 g/mol. The largest absolute Gasteiger partial charge is 0.481 e. The van der Waals surface area contributed by atoms with E-state index in [4.69, 9.17) is 4.74 Å². The summed E-state index contributed by atoms with van der Waals surface area (Å²) < 4.78 is 5.07. The lowest BCUT2D eigenvalue weighted by Crippen LogP contribution is -2.22. The third-order valence-electron chi connectivity index (χ3n) is 3.10. The minimum Gasteiger partial charge on any atom is -0.481 e. The zero-order chi connectivity index (χ0) is 11.5. The Morgan fingerprint density at radius 2 is 2.38 bits per heavy atom. The molecule has 1 atom stereocenters. The van der Waals surface area contributed by atoms with Crippen molar-refractivity contribution in [3.05, 3.63) is 23.4 Å². The fraction of sp³-hybridized carbons (Fsp3) is 0.500. The predicted octanol–water partition coefficient (Wildman–Crippen LogP) is 1.69. The molecule has 4 heteroatoms. The number of carbonyl (C=O) groups is 1. The van der Waals surface area contributed by atoms with Gasteiger partial charge in [0.15, 0.2) is 0 Å². The zero-order valence-corrected chi connectivity index (χ0v) is 9.64. The Bertz CT molecular complexity index is 393. The van der Waals surface area contributed by atoms with Gasteiger partial charge in [-0.05, 0) is 31.4 Å². The second kappa shape index (κ2) is 4.51. The van der Waals surface area contributed by atoms with E-state index < -0.39 is 0 Å². The molecule has 1 aromatic rings. The van der Waals surface area contributed by atoms with Crippen molar-refractivity contribution in [2.45, 2.75) is 25.8 Å². The van der Waals surface area contributed by atoms with E-state index in [2.05, 4.69) is 4.98 Å². The number of likely N-dealkylation sites (tertiary alicyclic amines) is 1. The van der Waals surface area contributed by atoms with Crippen LogP contribution >= 0.6 is 0 Å². The first kappa shape index (κ1) is 10.9. The van der Waals surface area contributed by atoms with E-state index in [1.54, 1.807) is 7.11 Å². The number of aromatic nitrogens is 1. The molecule has 0 saturated carbocycles. The van der Waals surface area contributed by atoms with E-state index in [1.165, 1.54) is 0 Å². The molecule has 86 valence electrons. The van der Waals surface area contributed by atoms with E-state index in [0.717, 1.165) is 37.1 Å².